The fourth-order valence-electron chi connectivity index (χ4n) is 4.18. The van der Waals surface area contributed by atoms with E-state index in [4.69, 9.17) is 10.5 Å². The molecule has 8 nitrogen and oxygen atoms in total. The SMILES string of the molecule is CN(C(=O)c1cc2c(cc1F)nc(N)c1c2cnn1C)[C@@H]1COc2cc(OC(F)(F)F)ccc21. The Kier molecular flexibility index (Phi) is 4.78. The summed E-state index contributed by atoms with van der Waals surface area (Å²) in [5.41, 5.74) is 7.10. The van der Waals surface area contributed by atoms with Crippen molar-refractivity contribution in [2.24, 2.45) is 7.05 Å². The average molecular weight is 475 g/mol. The highest BCUT2D eigenvalue weighted by atomic mass is 19.4. The molecule has 3 heterocycles. The lowest BCUT2D eigenvalue weighted by Gasteiger charge is -2.24. The first-order valence-electron chi connectivity index (χ1n) is 10.0. The summed E-state index contributed by atoms with van der Waals surface area (Å²) in [6.07, 6.45) is -3.28. The summed E-state index contributed by atoms with van der Waals surface area (Å²) in [6, 6.07) is 5.53. The van der Waals surface area contributed by atoms with Crippen LogP contribution in [-0.4, -0.2) is 45.6 Å². The molecule has 0 fully saturated rings. The van der Waals surface area contributed by atoms with E-state index in [9.17, 15) is 22.4 Å². The summed E-state index contributed by atoms with van der Waals surface area (Å²) >= 11 is 0. The number of amides is 1. The lowest BCUT2D eigenvalue weighted by atomic mass is 10.0. The molecule has 2 aromatic heterocycles. The van der Waals surface area contributed by atoms with Crippen LogP contribution in [-0.2, 0) is 7.05 Å². The molecule has 2 N–H and O–H groups in total. The molecule has 4 aromatic rings. The van der Waals surface area contributed by atoms with Gasteiger partial charge in [0.25, 0.3) is 5.91 Å². The minimum atomic E-state index is -4.84. The van der Waals surface area contributed by atoms with E-state index in [0.29, 0.717) is 21.9 Å². The number of benzene rings is 2. The Morgan fingerprint density at radius 1 is 1.26 bits per heavy atom. The molecule has 0 bridgehead atoms. The number of anilines is 1. The van der Waals surface area contributed by atoms with Crippen molar-refractivity contribution in [3.8, 4) is 11.5 Å². The van der Waals surface area contributed by atoms with Gasteiger partial charge in [-0.25, -0.2) is 9.37 Å². The lowest BCUT2D eigenvalue weighted by molar-refractivity contribution is -0.274. The number of ether oxygens (including phenoxy) is 2. The number of carbonyl (C=O) groups excluding carboxylic acids is 1. The van der Waals surface area contributed by atoms with Crippen molar-refractivity contribution in [3.63, 3.8) is 0 Å². The number of nitrogens with zero attached hydrogens (tertiary/aromatic N) is 4. The fourth-order valence-corrected chi connectivity index (χ4v) is 4.18. The predicted molar refractivity (Wildman–Crippen MR) is 114 cm³/mol. The Balaban J connectivity index is 1.50. The normalized spacial score (nSPS) is 15.4. The topological polar surface area (TPSA) is 95.5 Å². The van der Waals surface area contributed by atoms with Gasteiger partial charge in [0.05, 0.1) is 23.3 Å². The molecule has 1 aliphatic rings. The highest BCUT2D eigenvalue weighted by Crippen LogP contribution is 2.40. The van der Waals surface area contributed by atoms with Crippen molar-refractivity contribution >= 4 is 33.5 Å². The number of hydrogen-bond acceptors (Lipinski definition) is 6. The number of carbonyl (C=O) groups is 1. The van der Waals surface area contributed by atoms with Crippen LogP contribution in [0.4, 0.5) is 23.4 Å². The number of halogens is 4. The minimum Gasteiger partial charge on any atom is -0.491 e. The summed E-state index contributed by atoms with van der Waals surface area (Å²) in [4.78, 5) is 18.8. The van der Waals surface area contributed by atoms with Crippen molar-refractivity contribution in [2.75, 3.05) is 19.4 Å². The number of pyridine rings is 1. The first-order chi connectivity index (χ1) is 16.0. The molecule has 2 aromatic carbocycles. The standard InChI is InChI=1S/C22H17F4N5O3/c1-30(17-9-33-18-5-10(3-4-11(17)18)34-22(24,25)26)21(32)13-6-12-14-8-28-31(2)19(14)20(27)29-16(12)7-15(13)23/h3-8,17H,9H2,1-2H3,(H2,27,29)/t17-/m1/s1. The lowest BCUT2D eigenvalue weighted by Crippen LogP contribution is -2.32. The fraction of sp³-hybridized carbons (Fsp3) is 0.227. The number of nitrogen functional groups attached to an aromatic ring is 1. The van der Waals surface area contributed by atoms with E-state index in [1.807, 2.05) is 0 Å². The van der Waals surface area contributed by atoms with Crippen LogP contribution in [0.25, 0.3) is 21.8 Å². The minimum absolute atomic E-state index is 0.00676. The number of rotatable bonds is 3. The van der Waals surface area contributed by atoms with Crippen LogP contribution in [0, 0.1) is 5.82 Å². The van der Waals surface area contributed by atoms with Crippen molar-refractivity contribution in [1.82, 2.24) is 19.7 Å². The predicted octanol–water partition coefficient (Wildman–Crippen LogP) is 3.95. The smallest absolute Gasteiger partial charge is 0.491 e. The Bertz CT molecular complexity index is 1470. The van der Waals surface area contributed by atoms with Crippen molar-refractivity contribution < 1.29 is 31.8 Å². The molecule has 1 amide bonds. The van der Waals surface area contributed by atoms with Gasteiger partial charge in [0.1, 0.15) is 35.3 Å². The maximum absolute atomic E-state index is 15.0. The molecule has 0 radical (unpaired) electrons. The highest BCUT2D eigenvalue weighted by Gasteiger charge is 2.35. The first-order valence-corrected chi connectivity index (χ1v) is 10.0. The zero-order valence-electron chi connectivity index (χ0n) is 17.9. The van der Waals surface area contributed by atoms with Crippen LogP contribution in [0.15, 0.2) is 36.5 Å². The van der Waals surface area contributed by atoms with Crippen LogP contribution < -0.4 is 15.2 Å². The number of alkyl halides is 3. The zero-order valence-corrected chi connectivity index (χ0v) is 17.9. The van der Waals surface area contributed by atoms with E-state index in [1.165, 1.54) is 28.8 Å². The van der Waals surface area contributed by atoms with Gasteiger partial charge >= 0.3 is 6.36 Å². The molecular formula is C22H17F4N5O3. The number of hydrogen-bond donors (Lipinski definition) is 1. The van der Waals surface area contributed by atoms with E-state index in [1.54, 1.807) is 13.2 Å². The second-order valence-corrected chi connectivity index (χ2v) is 7.87. The third-order valence-corrected chi connectivity index (χ3v) is 5.79. The van der Waals surface area contributed by atoms with Crippen molar-refractivity contribution in [3.05, 3.63) is 53.5 Å². The quantitative estimate of drug-likeness (QED) is 0.451. The molecule has 0 saturated carbocycles. The van der Waals surface area contributed by atoms with Gasteiger partial charge in [0.15, 0.2) is 0 Å². The van der Waals surface area contributed by atoms with E-state index in [2.05, 4.69) is 14.8 Å². The van der Waals surface area contributed by atoms with Crippen LogP contribution in [0.3, 0.4) is 0 Å². The second-order valence-electron chi connectivity index (χ2n) is 7.87. The van der Waals surface area contributed by atoms with Gasteiger partial charge < -0.3 is 20.1 Å². The van der Waals surface area contributed by atoms with E-state index in [-0.39, 0.29) is 29.3 Å². The van der Waals surface area contributed by atoms with Gasteiger partial charge in [0, 0.05) is 42.6 Å². The average Bonchev–Trinajstić information content (AvgIpc) is 3.35. The second kappa shape index (κ2) is 7.47. The van der Waals surface area contributed by atoms with Crippen LogP contribution in [0.5, 0.6) is 11.5 Å². The summed E-state index contributed by atoms with van der Waals surface area (Å²) < 4.78 is 63.4. The number of fused-ring (bicyclic) bond motifs is 4. The number of aromatic nitrogens is 3. The molecule has 176 valence electrons. The van der Waals surface area contributed by atoms with Crippen LogP contribution >= 0.6 is 0 Å². The molecular weight excluding hydrogens is 458 g/mol. The molecule has 0 saturated heterocycles. The molecule has 34 heavy (non-hydrogen) atoms. The molecule has 0 aliphatic carbocycles. The molecule has 0 spiro atoms. The summed E-state index contributed by atoms with van der Waals surface area (Å²) in [6.45, 7) is -0.00676. The third-order valence-electron chi connectivity index (χ3n) is 5.79. The number of nitrogens with two attached hydrogens (primary N) is 1. The Morgan fingerprint density at radius 3 is 2.76 bits per heavy atom. The third kappa shape index (κ3) is 3.51. The molecule has 0 unspecified atom stereocenters. The molecule has 1 aliphatic heterocycles. The highest BCUT2D eigenvalue weighted by molar-refractivity contribution is 6.10. The maximum Gasteiger partial charge on any atom is 0.573 e. The number of aryl methyl sites for hydroxylation is 1. The zero-order chi connectivity index (χ0) is 24.4. The van der Waals surface area contributed by atoms with E-state index >= 15 is 0 Å². The van der Waals surface area contributed by atoms with Gasteiger partial charge in [-0.3, -0.25) is 9.48 Å². The first kappa shape index (κ1) is 21.7. The monoisotopic (exact) mass is 475 g/mol. The van der Waals surface area contributed by atoms with Crippen LogP contribution in [0.1, 0.15) is 22.0 Å². The van der Waals surface area contributed by atoms with Crippen LogP contribution in [0.2, 0.25) is 0 Å². The Labute approximate surface area is 189 Å². The van der Waals surface area contributed by atoms with Crippen molar-refractivity contribution in [2.45, 2.75) is 12.4 Å². The van der Waals surface area contributed by atoms with Crippen molar-refractivity contribution in [1.29, 1.82) is 0 Å². The number of likely N-dealkylation sites (N-methyl/N-ethyl adjacent to an activating group) is 1. The van der Waals surface area contributed by atoms with E-state index < -0.39 is 29.9 Å². The Morgan fingerprint density at radius 2 is 2.03 bits per heavy atom. The maximum atomic E-state index is 15.0. The molecule has 1 atom stereocenters. The van der Waals surface area contributed by atoms with Gasteiger partial charge in [-0.05, 0) is 18.2 Å². The summed E-state index contributed by atoms with van der Waals surface area (Å²) in [5.74, 6) is -1.51. The van der Waals surface area contributed by atoms with Gasteiger partial charge in [-0.1, -0.05) is 0 Å². The molecule has 5 rings (SSSR count). The van der Waals surface area contributed by atoms with Gasteiger partial charge in [-0.2, -0.15) is 5.10 Å². The Hall–Kier alpha value is -4.09. The summed E-state index contributed by atoms with van der Waals surface area (Å²) in [5, 5.41) is 5.29. The van der Waals surface area contributed by atoms with E-state index in [0.717, 1.165) is 18.2 Å². The largest absolute Gasteiger partial charge is 0.573 e. The molecule has 12 heteroatoms. The summed E-state index contributed by atoms with van der Waals surface area (Å²) in [7, 11) is 3.16. The van der Waals surface area contributed by atoms with Gasteiger partial charge in [0.2, 0.25) is 0 Å². The van der Waals surface area contributed by atoms with Gasteiger partial charge in [-0.15, -0.1) is 13.2 Å².